The summed E-state index contributed by atoms with van der Waals surface area (Å²) in [6, 6.07) is 2.23. The normalized spacial score (nSPS) is 26.1. The summed E-state index contributed by atoms with van der Waals surface area (Å²) in [5, 5.41) is 2.27. The van der Waals surface area contributed by atoms with Crippen LogP contribution in [0.3, 0.4) is 0 Å². The standard InChI is InChI=1S/C24H29F3N4O3/c25-18-12-17-16(14-31(23(17)34)19-1-2-21(32)28-22(19)33)11-20(18)30-9-7-29(8-10-30)13-15-3-5-24(26,27)6-4-15/h11-12,15,19H,1-10,13-14H2,(H,28,32,33). The SMILES string of the molecule is O=C1CCC(N2Cc3cc(N4CCN(CC5CCC(F)(F)CC5)CC4)c(F)cc3C2=O)C(=O)N1. The smallest absolute Gasteiger partial charge is 0.255 e. The molecule has 4 aliphatic rings. The molecule has 0 aromatic heterocycles. The predicted octanol–water partition coefficient (Wildman–Crippen LogP) is 2.53. The van der Waals surface area contributed by atoms with Gasteiger partial charge in [-0.15, -0.1) is 0 Å². The van der Waals surface area contributed by atoms with Crippen molar-refractivity contribution in [1.29, 1.82) is 0 Å². The van der Waals surface area contributed by atoms with Crippen molar-refractivity contribution in [3.05, 3.63) is 29.1 Å². The van der Waals surface area contributed by atoms with E-state index in [1.165, 1.54) is 11.0 Å². The van der Waals surface area contributed by atoms with Gasteiger partial charge in [-0.1, -0.05) is 0 Å². The van der Waals surface area contributed by atoms with Gasteiger partial charge in [-0.05, 0) is 42.9 Å². The number of nitrogens with one attached hydrogen (secondary N) is 1. The molecule has 1 N–H and O–H groups in total. The summed E-state index contributed by atoms with van der Waals surface area (Å²) < 4.78 is 41.8. The molecule has 0 radical (unpaired) electrons. The van der Waals surface area contributed by atoms with Crippen molar-refractivity contribution in [3.8, 4) is 0 Å². The van der Waals surface area contributed by atoms with Crippen molar-refractivity contribution in [3.63, 3.8) is 0 Å². The second kappa shape index (κ2) is 8.87. The Labute approximate surface area is 196 Å². The number of imide groups is 1. The van der Waals surface area contributed by atoms with Gasteiger partial charge in [0.15, 0.2) is 0 Å². The zero-order valence-electron chi connectivity index (χ0n) is 19.0. The molecule has 3 heterocycles. The van der Waals surface area contributed by atoms with E-state index in [2.05, 4.69) is 10.2 Å². The molecule has 3 amide bonds. The maximum atomic E-state index is 15.0. The van der Waals surface area contributed by atoms with Crippen LogP contribution in [0.2, 0.25) is 0 Å². The van der Waals surface area contributed by atoms with E-state index < -0.39 is 29.6 Å². The Bertz CT molecular complexity index is 999. The number of nitrogens with zero attached hydrogens (tertiary/aromatic N) is 3. The van der Waals surface area contributed by atoms with Crippen molar-refractivity contribution in [2.75, 3.05) is 37.6 Å². The van der Waals surface area contributed by atoms with E-state index in [4.69, 9.17) is 0 Å². The maximum absolute atomic E-state index is 15.0. The highest BCUT2D eigenvalue weighted by molar-refractivity contribution is 6.05. The molecule has 1 unspecified atom stereocenters. The molecule has 5 rings (SSSR count). The Morgan fingerprint density at radius 2 is 1.71 bits per heavy atom. The van der Waals surface area contributed by atoms with Gasteiger partial charge < -0.3 is 9.80 Å². The minimum atomic E-state index is -2.52. The number of carbonyl (C=O) groups is 3. The first-order valence-corrected chi connectivity index (χ1v) is 12.0. The minimum Gasteiger partial charge on any atom is -0.367 e. The van der Waals surface area contributed by atoms with Crippen LogP contribution in [-0.4, -0.2) is 72.2 Å². The number of rotatable bonds is 4. The number of hydrogen-bond acceptors (Lipinski definition) is 5. The highest BCUT2D eigenvalue weighted by Crippen LogP contribution is 2.37. The zero-order chi connectivity index (χ0) is 24.0. The number of carbonyl (C=O) groups excluding carboxylic acids is 3. The fraction of sp³-hybridized carbons (Fsp3) is 0.625. The summed E-state index contributed by atoms with van der Waals surface area (Å²) in [6.45, 7) is 3.69. The summed E-state index contributed by atoms with van der Waals surface area (Å²) in [4.78, 5) is 42.2. The lowest BCUT2D eigenvalue weighted by molar-refractivity contribution is -0.136. The largest absolute Gasteiger partial charge is 0.367 e. The molecule has 3 fully saturated rings. The van der Waals surface area contributed by atoms with Crippen LogP contribution in [-0.2, 0) is 16.1 Å². The van der Waals surface area contributed by atoms with Gasteiger partial charge >= 0.3 is 0 Å². The van der Waals surface area contributed by atoms with E-state index in [1.807, 2.05) is 4.90 Å². The lowest BCUT2D eigenvalue weighted by Crippen LogP contribution is -2.52. The number of benzene rings is 1. The van der Waals surface area contributed by atoms with Crippen LogP contribution in [0.25, 0.3) is 0 Å². The lowest BCUT2D eigenvalue weighted by atomic mass is 9.86. The molecular weight excluding hydrogens is 449 g/mol. The Kier molecular flexibility index (Phi) is 6.03. The molecule has 0 spiro atoms. The van der Waals surface area contributed by atoms with Gasteiger partial charge in [0, 0.05) is 64.1 Å². The number of halogens is 3. The molecule has 0 bridgehead atoms. The number of fused-ring (bicyclic) bond motifs is 1. The quantitative estimate of drug-likeness (QED) is 0.674. The molecule has 3 aliphatic heterocycles. The van der Waals surface area contributed by atoms with Crippen LogP contribution < -0.4 is 10.2 Å². The van der Waals surface area contributed by atoms with Crippen LogP contribution >= 0.6 is 0 Å². The number of hydrogen-bond donors (Lipinski definition) is 1. The first kappa shape index (κ1) is 23.1. The van der Waals surface area contributed by atoms with Crippen molar-refractivity contribution in [2.24, 2.45) is 5.92 Å². The van der Waals surface area contributed by atoms with Gasteiger partial charge in [0.2, 0.25) is 17.7 Å². The number of piperazine rings is 1. The van der Waals surface area contributed by atoms with Crippen molar-refractivity contribution in [2.45, 2.75) is 57.0 Å². The predicted molar refractivity (Wildman–Crippen MR) is 118 cm³/mol. The van der Waals surface area contributed by atoms with Gasteiger partial charge in [-0.25, -0.2) is 13.2 Å². The Morgan fingerprint density at radius 3 is 2.38 bits per heavy atom. The summed E-state index contributed by atoms with van der Waals surface area (Å²) in [7, 11) is 0. The molecule has 34 heavy (non-hydrogen) atoms. The van der Waals surface area contributed by atoms with Crippen LogP contribution in [0.4, 0.5) is 18.9 Å². The van der Waals surface area contributed by atoms with Crippen LogP contribution in [0.15, 0.2) is 12.1 Å². The second-order valence-electron chi connectivity index (χ2n) is 9.95. The Morgan fingerprint density at radius 1 is 1.00 bits per heavy atom. The number of piperidine rings is 1. The van der Waals surface area contributed by atoms with Crippen molar-refractivity contribution >= 4 is 23.4 Å². The molecular formula is C24H29F3N4O3. The molecule has 7 nitrogen and oxygen atoms in total. The Hall–Kier alpha value is -2.62. The van der Waals surface area contributed by atoms with Gasteiger partial charge in [-0.2, -0.15) is 0 Å². The van der Waals surface area contributed by atoms with E-state index >= 15 is 4.39 Å². The molecule has 10 heteroatoms. The van der Waals surface area contributed by atoms with E-state index in [0.29, 0.717) is 37.2 Å². The van der Waals surface area contributed by atoms with Crippen LogP contribution in [0, 0.1) is 11.7 Å². The van der Waals surface area contributed by atoms with Crippen molar-refractivity contribution in [1.82, 2.24) is 15.1 Å². The summed E-state index contributed by atoms with van der Waals surface area (Å²) >= 11 is 0. The van der Waals surface area contributed by atoms with Crippen LogP contribution in [0.1, 0.15) is 54.4 Å². The third kappa shape index (κ3) is 4.52. The first-order valence-electron chi connectivity index (χ1n) is 12.0. The van der Waals surface area contributed by atoms with Gasteiger partial charge in [0.1, 0.15) is 11.9 Å². The molecule has 1 aliphatic carbocycles. The van der Waals surface area contributed by atoms with E-state index in [0.717, 1.165) is 19.6 Å². The number of amides is 3. The van der Waals surface area contributed by atoms with Gasteiger partial charge in [-0.3, -0.25) is 24.6 Å². The van der Waals surface area contributed by atoms with E-state index in [-0.39, 0.29) is 49.6 Å². The fourth-order valence-corrected chi connectivity index (χ4v) is 5.64. The van der Waals surface area contributed by atoms with E-state index in [9.17, 15) is 23.2 Å². The maximum Gasteiger partial charge on any atom is 0.255 e. The average Bonchev–Trinajstić information content (AvgIpc) is 3.10. The van der Waals surface area contributed by atoms with Crippen molar-refractivity contribution < 1.29 is 27.6 Å². The summed E-state index contributed by atoms with van der Waals surface area (Å²) in [6.07, 6.45) is 1.46. The zero-order valence-corrected chi connectivity index (χ0v) is 19.0. The topological polar surface area (TPSA) is 73.0 Å². The average molecular weight is 479 g/mol. The summed E-state index contributed by atoms with van der Waals surface area (Å²) in [5.74, 6) is -3.93. The lowest BCUT2D eigenvalue weighted by Gasteiger charge is -2.39. The second-order valence-corrected chi connectivity index (χ2v) is 9.95. The Balaban J connectivity index is 1.21. The van der Waals surface area contributed by atoms with E-state index in [1.54, 1.807) is 6.07 Å². The third-order valence-electron chi connectivity index (χ3n) is 7.66. The molecule has 1 saturated carbocycles. The minimum absolute atomic E-state index is 0.0352. The molecule has 2 saturated heterocycles. The van der Waals surface area contributed by atoms with Gasteiger partial charge in [0.25, 0.3) is 5.91 Å². The first-order chi connectivity index (χ1) is 16.2. The highest BCUT2D eigenvalue weighted by atomic mass is 19.3. The molecule has 1 atom stereocenters. The number of anilines is 1. The third-order valence-corrected chi connectivity index (χ3v) is 7.66. The van der Waals surface area contributed by atoms with Gasteiger partial charge in [0.05, 0.1) is 5.69 Å². The molecule has 184 valence electrons. The highest BCUT2D eigenvalue weighted by Gasteiger charge is 2.40. The number of alkyl halides is 2. The summed E-state index contributed by atoms with van der Waals surface area (Å²) in [5.41, 5.74) is 1.38. The fourth-order valence-electron chi connectivity index (χ4n) is 5.64. The van der Waals surface area contributed by atoms with Crippen LogP contribution in [0.5, 0.6) is 0 Å². The molecule has 1 aromatic carbocycles. The molecule has 1 aromatic rings. The monoisotopic (exact) mass is 478 g/mol.